The largest absolute Gasteiger partial charge is 0.289 e. The van der Waals surface area contributed by atoms with Gasteiger partial charge in [0.1, 0.15) is 5.71 Å². The van der Waals surface area contributed by atoms with Crippen molar-refractivity contribution in [1.82, 2.24) is 9.99 Å². The van der Waals surface area contributed by atoms with Gasteiger partial charge in [0.05, 0.1) is 23.2 Å². The maximum absolute atomic E-state index is 12.8. The quantitative estimate of drug-likeness (QED) is 0.710. The minimum absolute atomic E-state index is 0.0171. The van der Waals surface area contributed by atoms with Crippen molar-refractivity contribution in [3.05, 3.63) is 41.4 Å². The molecule has 148 valence electrons. The number of carbonyl (C=O) groups is 2. The molecule has 1 saturated heterocycles. The van der Waals surface area contributed by atoms with Crippen LogP contribution >= 0.6 is 23.1 Å². The third kappa shape index (κ3) is 4.34. The molecule has 1 unspecified atom stereocenters. The Morgan fingerprint density at radius 2 is 1.96 bits per heavy atom. The highest BCUT2D eigenvalue weighted by atomic mass is 32.2. The van der Waals surface area contributed by atoms with E-state index in [1.807, 2.05) is 49.7 Å². The average molecular weight is 417 g/mol. The number of aromatic nitrogens is 1. The van der Waals surface area contributed by atoms with E-state index in [1.165, 1.54) is 23.1 Å². The Balaban J connectivity index is 1.69. The van der Waals surface area contributed by atoms with Crippen LogP contribution in [0.2, 0.25) is 0 Å². The number of aliphatic imine (C=N–C) groups is 1. The zero-order valence-corrected chi connectivity index (χ0v) is 18.3. The number of hydrogen-bond acceptors (Lipinski definition) is 6. The number of carbonyl (C=O) groups excluding carboxylic acids is 2. The third-order valence-electron chi connectivity index (χ3n) is 4.50. The second-order valence-corrected chi connectivity index (χ2v) is 9.71. The van der Waals surface area contributed by atoms with Gasteiger partial charge in [0.2, 0.25) is 0 Å². The lowest BCUT2D eigenvalue weighted by molar-refractivity contribution is -0.116. The van der Waals surface area contributed by atoms with Gasteiger partial charge >= 0.3 is 0 Å². The zero-order valence-electron chi connectivity index (χ0n) is 16.7. The van der Waals surface area contributed by atoms with E-state index in [0.29, 0.717) is 0 Å². The summed E-state index contributed by atoms with van der Waals surface area (Å²) in [5.41, 5.74) is 2.02. The molecule has 3 rings (SSSR count). The van der Waals surface area contributed by atoms with Gasteiger partial charge in [-0.3, -0.25) is 9.59 Å². The second kappa shape index (κ2) is 8.14. The lowest BCUT2D eigenvalue weighted by atomic mass is 9.93. The lowest BCUT2D eigenvalue weighted by Crippen LogP contribution is -2.38. The highest BCUT2D eigenvalue weighted by Gasteiger charge is 2.40. The Labute approximate surface area is 173 Å². The van der Waals surface area contributed by atoms with Gasteiger partial charge in [-0.1, -0.05) is 50.7 Å². The number of anilines is 1. The molecule has 0 spiro atoms. The predicted molar refractivity (Wildman–Crippen MR) is 115 cm³/mol. The van der Waals surface area contributed by atoms with Crippen molar-refractivity contribution in [2.45, 2.75) is 43.5 Å². The molecule has 1 aromatic carbocycles. The molecule has 0 aliphatic carbocycles. The summed E-state index contributed by atoms with van der Waals surface area (Å²) in [4.78, 5) is 33.9. The summed E-state index contributed by atoms with van der Waals surface area (Å²) >= 11 is 2.89. The number of nitrogens with zero attached hydrogens (tertiary/aromatic N) is 4. The molecular weight excluding hydrogens is 392 g/mol. The summed E-state index contributed by atoms with van der Waals surface area (Å²) in [6.45, 7) is 8.19. The number of para-hydroxylation sites is 1. The summed E-state index contributed by atoms with van der Waals surface area (Å²) in [6.07, 6.45) is 0. The lowest BCUT2D eigenvalue weighted by Gasteiger charge is -2.25. The number of rotatable bonds is 4. The van der Waals surface area contributed by atoms with Crippen molar-refractivity contribution in [2.75, 3.05) is 17.8 Å². The standard InChI is InChI=1S/C20H24N4O2S2/c1-13-17(18(26)24(23(13)5)14-9-7-6-8-10-14)22-16(25)12-28-19-21-15(11-27-19)20(2,3)4/h6-11,13H,12H2,1-5H3. The SMILES string of the molecule is CC1C(=NC(=O)CSc2nc(C(C)(C)C)cs2)C(=O)N(c2ccccc2)N1C. The molecule has 6 nitrogen and oxygen atoms in total. The molecule has 2 aromatic rings. The number of benzene rings is 1. The van der Waals surface area contributed by atoms with Crippen LogP contribution in [0.25, 0.3) is 0 Å². The van der Waals surface area contributed by atoms with Gasteiger partial charge in [0.25, 0.3) is 11.8 Å². The first-order valence-electron chi connectivity index (χ1n) is 9.01. The fourth-order valence-corrected chi connectivity index (χ4v) is 4.59. The van der Waals surface area contributed by atoms with E-state index in [-0.39, 0.29) is 34.7 Å². The van der Waals surface area contributed by atoms with E-state index in [9.17, 15) is 9.59 Å². The van der Waals surface area contributed by atoms with Gasteiger partial charge in [0, 0.05) is 17.8 Å². The first-order valence-corrected chi connectivity index (χ1v) is 10.9. The second-order valence-electron chi connectivity index (χ2n) is 7.63. The molecule has 1 fully saturated rings. The normalized spacial score (nSPS) is 19.6. The molecule has 0 N–H and O–H groups in total. The van der Waals surface area contributed by atoms with E-state index in [0.717, 1.165) is 15.7 Å². The predicted octanol–water partition coefficient (Wildman–Crippen LogP) is 3.78. The highest BCUT2D eigenvalue weighted by molar-refractivity contribution is 8.01. The molecule has 1 aromatic heterocycles. The van der Waals surface area contributed by atoms with E-state index < -0.39 is 0 Å². The van der Waals surface area contributed by atoms with Crippen LogP contribution in [-0.2, 0) is 15.0 Å². The van der Waals surface area contributed by atoms with Gasteiger partial charge in [0.15, 0.2) is 4.34 Å². The molecule has 0 bridgehead atoms. The summed E-state index contributed by atoms with van der Waals surface area (Å²) < 4.78 is 0.840. The maximum Gasteiger partial charge on any atom is 0.289 e. The minimum Gasteiger partial charge on any atom is -0.272 e. The maximum atomic E-state index is 12.8. The molecule has 1 aliphatic rings. The minimum atomic E-state index is -0.323. The van der Waals surface area contributed by atoms with Crippen LogP contribution in [0.4, 0.5) is 5.69 Å². The average Bonchev–Trinajstić information content (AvgIpc) is 3.21. The highest BCUT2D eigenvalue weighted by Crippen LogP contribution is 2.29. The van der Waals surface area contributed by atoms with Gasteiger partial charge < -0.3 is 0 Å². The topological polar surface area (TPSA) is 65.9 Å². The zero-order chi connectivity index (χ0) is 20.5. The van der Waals surface area contributed by atoms with Gasteiger partial charge in [-0.25, -0.2) is 20.0 Å². The van der Waals surface area contributed by atoms with Crippen molar-refractivity contribution in [3.8, 4) is 0 Å². The molecule has 1 atom stereocenters. The van der Waals surface area contributed by atoms with E-state index in [4.69, 9.17) is 0 Å². The van der Waals surface area contributed by atoms with Crippen LogP contribution in [0.5, 0.6) is 0 Å². The third-order valence-corrected chi connectivity index (χ3v) is 6.51. The summed E-state index contributed by atoms with van der Waals surface area (Å²) in [7, 11) is 1.82. The van der Waals surface area contributed by atoms with Crippen LogP contribution in [0.3, 0.4) is 0 Å². The number of thioether (sulfide) groups is 1. The van der Waals surface area contributed by atoms with Crippen LogP contribution in [0, 0.1) is 0 Å². The Morgan fingerprint density at radius 3 is 2.57 bits per heavy atom. The van der Waals surface area contributed by atoms with Crippen molar-refractivity contribution in [1.29, 1.82) is 0 Å². The van der Waals surface area contributed by atoms with Crippen molar-refractivity contribution >= 4 is 46.3 Å². The monoisotopic (exact) mass is 416 g/mol. The van der Waals surface area contributed by atoms with Crippen molar-refractivity contribution < 1.29 is 9.59 Å². The summed E-state index contributed by atoms with van der Waals surface area (Å²) in [6, 6.07) is 9.09. The first kappa shape index (κ1) is 20.7. The molecule has 28 heavy (non-hydrogen) atoms. The Hall–Kier alpha value is -2.03. The Bertz CT molecular complexity index is 902. The van der Waals surface area contributed by atoms with E-state index in [1.54, 1.807) is 10.0 Å². The number of thiazole rings is 1. The van der Waals surface area contributed by atoms with Crippen molar-refractivity contribution in [3.63, 3.8) is 0 Å². The van der Waals surface area contributed by atoms with Crippen molar-refractivity contribution in [2.24, 2.45) is 4.99 Å². The number of hydrazine groups is 1. The van der Waals surface area contributed by atoms with Gasteiger partial charge in [-0.2, -0.15) is 0 Å². The van der Waals surface area contributed by atoms with E-state index in [2.05, 4.69) is 30.7 Å². The number of amides is 2. The van der Waals surface area contributed by atoms with Crippen LogP contribution in [-0.4, -0.2) is 46.4 Å². The molecule has 8 heteroatoms. The molecule has 0 radical (unpaired) electrons. The molecular formula is C20H24N4O2S2. The molecule has 2 amide bonds. The first-order chi connectivity index (χ1) is 13.2. The van der Waals surface area contributed by atoms with E-state index >= 15 is 0 Å². The number of hydrogen-bond donors (Lipinski definition) is 0. The molecule has 2 heterocycles. The fraction of sp³-hybridized carbons (Fsp3) is 0.400. The Kier molecular flexibility index (Phi) is 6.02. The van der Waals surface area contributed by atoms with Gasteiger partial charge in [-0.05, 0) is 19.1 Å². The summed E-state index contributed by atoms with van der Waals surface area (Å²) in [5, 5.41) is 5.38. The van der Waals surface area contributed by atoms with Gasteiger partial charge in [-0.15, -0.1) is 11.3 Å². The van der Waals surface area contributed by atoms with Crippen LogP contribution in [0.15, 0.2) is 45.0 Å². The smallest absolute Gasteiger partial charge is 0.272 e. The molecule has 1 aliphatic heterocycles. The molecule has 0 saturated carbocycles. The summed E-state index contributed by atoms with van der Waals surface area (Å²) in [5.74, 6) is -0.421. The van der Waals surface area contributed by atoms with Crippen LogP contribution < -0.4 is 5.01 Å². The Morgan fingerprint density at radius 1 is 1.29 bits per heavy atom. The van der Waals surface area contributed by atoms with Crippen LogP contribution in [0.1, 0.15) is 33.4 Å². The fourth-order valence-electron chi connectivity index (χ4n) is 2.75.